The number of hydrogen-bond donors (Lipinski definition) is 0. The van der Waals surface area contributed by atoms with Crippen molar-refractivity contribution in [2.75, 3.05) is 18.8 Å². The summed E-state index contributed by atoms with van der Waals surface area (Å²) in [7, 11) is -0.762. The summed E-state index contributed by atoms with van der Waals surface area (Å²) in [5.74, 6) is 0. The maximum Gasteiger partial charge on any atom is 0.0548 e. The van der Waals surface area contributed by atoms with Crippen LogP contribution in [0.4, 0.5) is 0 Å². The number of benzene rings is 5. The fourth-order valence-electron chi connectivity index (χ4n) is 5.66. The Morgan fingerprint density at radius 3 is 1.36 bits per heavy atom. The summed E-state index contributed by atoms with van der Waals surface area (Å²) in [6.45, 7) is 0. The van der Waals surface area contributed by atoms with Gasteiger partial charge in [0.2, 0.25) is 0 Å². The molecule has 2 nitrogen and oxygen atoms in total. The first-order valence-corrected chi connectivity index (χ1v) is 15.2. The van der Waals surface area contributed by atoms with Crippen LogP contribution in [0.3, 0.4) is 0 Å². The molecular formula is C33H28N2S. The Bertz CT molecular complexity index is 1900. The van der Waals surface area contributed by atoms with Gasteiger partial charge in [-0.3, -0.25) is 0 Å². The van der Waals surface area contributed by atoms with Crippen LogP contribution in [0.2, 0.25) is 0 Å². The van der Waals surface area contributed by atoms with Crippen molar-refractivity contribution in [2.24, 2.45) is 0 Å². The molecule has 0 atom stereocenters. The summed E-state index contributed by atoms with van der Waals surface area (Å²) in [6, 6.07) is 42.1. The molecule has 0 spiro atoms. The average molecular weight is 485 g/mol. The molecule has 0 saturated heterocycles. The molecule has 0 fully saturated rings. The van der Waals surface area contributed by atoms with Crippen molar-refractivity contribution in [1.29, 1.82) is 0 Å². The number of fused-ring (bicyclic) bond motifs is 7. The topological polar surface area (TPSA) is 9.86 Å². The van der Waals surface area contributed by atoms with Crippen LogP contribution in [0.15, 0.2) is 120 Å². The molecule has 176 valence electrons. The van der Waals surface area contributed by atoms with E-state index in [9.17, 15) is 0 Å². The molecule has 0 aliphatic carbocycles. The number of aromatic nitrogens is 2. The van der Waals surface area contributed by atoms with Crippen molar-refractivity contribution in [3.8, 4) is 11.4 Å². The molecule has 0 aliphatic heterocycles. The fourth-order valence-corrected chi connectivity index (χ4v) is 6.61. The third kappa shape index (κ3) is 3.06. The molecule has 36 heavy (non-hydrogen) atoms. The van der Waals surface area contributed by atoms with E-state index in [2.05, 4.69) is 143 Å². The molecule has 5 aromatic carbocycles. The monoisotopic (exact) mass is 484 g/mol. The van der Waals surface area contributed by atoms with Gasteiger partial charge in [0.15, 0.2) is 0 Å². The smallest absolute Gasteiger partial charge is 0.0548 e. The molecule has 0 N–H and O–H groups in total. The summed E-state index contributed by atoms with van der Waals surface area (Å²) in [4.78, 5) is 1.43. The highest BCUT2D eigenvalue weighted by Crippen LogP contribution is 2.46. The first-order valence-electron chi connectivity index (χ1n) is 12.3. The van der Waals surface area contributed by atoms with E-state index in [4.69, 9.17) is 0 Å². The molecule has 7 aromatic rings. The van der Waals surface area contributed by atoms with E-state index in [1.807, 2.05) is 0 Å². The fraction of sp³-hybridized carbons (Fsp3) is 0.0909. The Labute approximate surface area is 212 Å². The van der Waals surface area contributed by atoms with Gasteiger partial charge in [0.25, 0.3) is 0 Å². The molecular weight excluding hydrogens is 456 g/mol. The Morgan fingerprint density at radius 2 is 0.861 bits per heavy atom. The zero-order valence-electron chi connectivity index (χ0n) is 20.8. The highest BCUT2D eigenvalue weighted by molar-refractivity contribution is 8.32. The summed E-state index contributed by atoms with van der Waals surface area (Å²) in [6.07, 6.45) is 7.05. The minimum Gasteiger partial charge on any atom is -0.309 e. The van der Waals surface area contributed by atoms with Crippen molar-refractivity contribution in [1.82, 2.24) is 9.13 Å². The third-order valence-corrected chi connectivity index (χ3v) is 8.97. The predicted octanol–water partition coefficient (Wildman–Crippen LogP) is 8.93. The van der Waals surface area contributed by atoms with Crippen molar-refractivity contribution in [3.05, 3.63) is 115 Å². The third-order valence-electron chi connectivity index (χ3n) is 7.29. The van der Waals surface area contributed by atoms with Crippen molar-refractivity contribution in [2.45, 2.75) is 4.90 Å². The largest absolute Gasteiger partial charge is 0.309 e. The van der Waals surface area contributed by atoms with Gasteiger partial charge in [0, 0.05) is 32.9 Å². The Balaban J connectivity index is 1.63. The number of rotatable bonds is 3. The van der Waals surface area contributed by atoms with Crippen LogP contribution in [-0.2, 0) is 0 Å². The van der Waals surface area contributed by atoms with Crippen LogP contribution >= 0.6 is 10.0 Å². The average Bonchev–Trinajstić information content (AvgIpc) is 3.41. The van der Waals surface area contributed by atoms with Crippen molar-refractivity contribution in [3.63, 3.8) is 0 Å². The Morgan fingerprint density at radius 1 is 0.417 bits per heavy atom. The number of hydrogen-bond acceptors (Lipinski definition) is 0. The van der Waals surface area contributed by atoms with Gasteiger partial charge in [0.05, 0.1) is 22.1 Å². The summed E-state index contributed by atoms with van der Waals surface area (Å²) >= 11 is 0. The number of para-hydroxylation sites is 3. The van der Waals surface area contributed by atoms with E-state index in [0.29, 0.717) is 0 Å². The Kier molecular flexibility index (Phi) is 4.61. The van der Waals surface area contributed by atoms with Gasteiger partial charge in [0.1, 0.15) is 0 Å². The Hall–Kier alpha value is -3.95. The van der Waals surface area contributed by atoms with Gasteiger partial charge in [-0.25, -0.2) is 10.0 Å². The van der Waals surface area contributed by atoms with Crippen LogP contribution in [0, 0.1) is 0 Å². The molecule has 0 bridgehead atoms. The minimum atomic E-state index is -0.762. The molecule has 3 heteroatoms. The van der Waals surface area contributed by atoms with Crippen molar-refractivity contribution >= 4 is 53.6 Å². The lowest BCUT2D eigenvalue weighted by molar-refractivity contribution is 1.16. The molecule has 0 amide bonds. The van der Waals surface area contributed by atoms with E-state index in [-0.39, 0.29) is 0 Å². The molecule has 2 aromatic heterocycles. The zero-order chi connectivity index (χ0) is 24.4. The maximum atomic E-state index is 2.43. The molecule has 7 rings (SSSR count). The van der Waals surface area contributed by atoms with E-state index in [0.717, 1.165) is 0 Å². The van der Waals surface area contributed by atoms with Gasteiger partial charge < -0.3 is 9.13 Å². The van der Waals surface area contributed by atoms with Gasteiger partial charge in [-0.15, -0.1) is 0 Å². The second-order valence-electron chi connectivity index (χ2n) is 10.2. The lowest BCUT2D eigenvalue weighted by Crippen LogP contribution is -1.97. The number of nitrogens with zero attached hydrogens (tertiary/aromatic N) is 2. The minimum absolute atomic E-state index is 0.762. The lowest BCUT2D eigenvalue weighted by atomic mass is 10.1. The molecule has 0 radical (unpaired) electrons. The van der Waals surface area contributed by atoms with Gasteiger partial charge >= 0.3 is 0 Å². The van der Waals surface area contributed by atoms with E-state index in [1.54, 1.807) is 0 Å². The lowest BCUT2D eigenvalue weighted by Gasteiger charge is -2.26. The first-order chi connectivity index (χ1) is 17.5. The maximum absolute atomic E-state index is 2.43. The zero-order valence-corrected chi connectivity index (χ0v) is 21.6. The van der Waals surface area contributed by atoms with Crippen LogP contribution in [0.5, 0.6) is 0 Å². The predicted molar refractivity (Wildman–Crippen MR) is 159 cm³/mol. The van der Waals surface area contributed by atoms with Gasteiger partial charge in [-0.05, 0) is 84.3 Å². The SMILES string of the molecule is CS(C)(C)c1ccc(-n2c3ccccc3c3c4c5ccccc5n(-c5ccccc5)c4ccc32)cc1. The highest BCUT2D eigenvalue weighted by Gasteiger charge is 2.20. The molecule has 0 aliphatic rings. The highest BCUT2D eigenvalue weighted by atomic mass is 32.3. The second kappa shape index (κ2) is 7.78. The van der Waals surface area contributed by atoms with Crippen LogP contribution in [0.1, 0.15) is 0 Å². The standard InChI is InChI=1S/C33H28N2S/c1-36(2,3)25-19-17-24(18-20-25)35-29-16-10-8-14-27(29)33-31(35)22-21-30-32(33)26-13-7-9-15-28(26)34(30)23-11-5-4-6-12-23/h4-22H,1-3H3. The second-order valence-corrected chi connectivity index (χ2v) is 14.4. The van der Waals surface area contributed by atoms with Gasteiger partial charge in [-0.2, -0.15) is 0 Å². The quantitative estimate of drug-likeness (QED) is 0.237. The first kappa shape index (κ1) is 21.3. The van der Waals surface area contributed by atoms with E-state index < -0.39 is 10.0 Å². The molecule has 0 saturated carbocycles. The summed E-state index contributed by atoms with van der Waals surface area (Å²) in [5.41, 5.74) is 7.36. The van der Waals surface area contributed by atoms with Crippen molar-refractivity contribution < 1.29 is 0 Å². The van der Waals surface area contributed by atoms with E-state index in [1.165, 1.54) is 59.9 Å². The molecule has 2 heterocycles. The van der Waals surface area contributed by atoms with Gasteiger partial charge in [-0.1, -0.05) is 54.6 Å². The van der Waals surface area contributed by atoms with Crippen LogP contribution < -0.4 is 0 Å². The summed E-state index contributed by atoms with van der Waals surface area (Å²) in [5, 5.41) is 5.22. The normalized spacial score (nSPS) is 12.8. The molecule has 0 unspecified atom stereocenters. The van der Waals surface area contributed by atoms with E-state index >= 15 is 0 Å². The summed E-state index contributed by atoms with van der Waals surface area (Å²) < 4.78 is 4.83. The van der Waals surface area contributed by atoms with Crippen LogP contribution in [-0.4, -0.2) is 27.9 Å². The van der Waals surface area contributed by atoms with Crippen LogP contribution in [0.25, 0.3) is 55.0 Å².